The van der Waals surface area contributed by atoms with Gasteiger partial charge >= 0.3 is 5.97 Å². The first kappa shape index (κ1) is 26.6. The number of rotatable bonds is 8. The fraction of sp³-hybridized carbons (Fsp3) is 0.143. The summed E-state index contributed by atoms with van der Waals surface area (Å²) in [7, 11) is -1.99. The summed E-state index contributed by atoms with van der Waals surface area (Å²) in [5, 5.41) is 2.37. The molecule has 0 amide bonds. The molecule has 0 fully saturated rings. The van der Waals surface area contributed by atoms with E-state index in [9.17, 15) is 26.4 Å². The lowest BCUT2D eigenvalue weighted by Gasteiger charge is -2.16. The van der Waals surface area contributed by atoms with Crippen LogP contribution in [0.15, 0.2) is 36.5 Å². The minimum Gasteiger partial charge on any atom is -0.465 e. The molecule has 0 radical (unpaired) electrons. The number of benzene rings is 2. The van der Waals surface area contributed by atoms with Gasteiger partial charge in [0.2, 0.25) is 0 Å². The van der Waals surface area contributed by atoms with Crippen LogP contribution in [-0.2, 0) is 21.4 Å². The molecule has 0 saturated heterocycles. The highest BCUT2D eigenvalue weighted by Gasteiger charge is 2.25. The van der Waals surface area contributed by atoms with E-state index < -0.39 is 68.5 Å². The normalized spacial score (nSPS) is 11.3. The third-order valence-corrected chi connectivity index (χ3v) is 6.40. The van der Waals surface area contributed by atoms with Gasteiger partial charge in [0, 0.05) is 23.2 Å². The first-order chi connectivity index (χ1) is 16.5. The lowest BCUT2D eigenvalue weighted by atomic mass is 10.00. The summed E-state index contributed by atoms with van der Waals surface area (Å²) in [4.78, 5) is 15.9. The fourth-order valence-electron chi connectivity index (χ4n) is 3.00. The number of carbonyl (C=O) groups excluding carboxylic acids is 1. The number of ether oxygens (including phenoxy) is 1. The molecule has 0 aliphatic carbocycles. The average Bonchev–Trinajstić information content (AvgIpc) is 2.81. The van der Waals surface area contributed by atoms with E-state index in [0.29, 0.717) is 3.57 Å². The molecule has 2 aromatic carbocycles. The molecule has 0 atom stereocenters. The van der Waals surface area contributed by atoms with Gasteiger partial charge in [-0.05, 0) is 64.0 Å². The molecule has 3 rings (SSSR count). The molecule has 186 valence electrons. The third kappa shape index (κ3) is 5.99. The second-order valence-corrected chi connectivity index (χ2v) is 9.81. The number of nitrogens with one attached hydrogen (secondary N) is 3. The quantitative estimate of drug-likeness (QED) is 0.197. The van der Waals surface area contributed by atoms with Crippen LogP contribution in [0.2, 0.25) is 0 Å². The van der Waals surface area contributed by atoms with Crippen molar-refractivity contribution < 1.29 is 35.5 Å². The van der Waals surface area contributed by atoms with E-state index in [4.69, 9.17) is 0 Å². The van der Waals surface area contributed by atoms with Crippen LogP contribution in [0.4, 0.5) is 34.8 Å². The highest BCUT2D eigenvalue weighted by Crippen LogP contribution is 2.32. The van der Waals surface area contributed by atoms with Gasteiger partial charge in [-0.15, -0.1) is 0 Å². The van der Waals surface area contributed by atoms with Crippen LogP contribution in [0.25, 0.3) is 0 Å². The Morgan fingerprint density at radius 1 is 1.06 bits per heavy atom. The molecule has 35 heavy (non-hydrogen) atoms. The standard InChI is InChI=1S/C21H17F4IN4O4S/c1-27-35(32,33)30-20-17(24)10(5-6-28-20)7-11-8-13(21(31)34-2)19(18(25)16(11)23)29-15-4-3-12(26)9-14(15)22/h3-6,8-9,27,29H,7H2,1-2H3,(H,28,30). The molecule has 0 unspecified atom stereocenters. The largest absolute Gasteiger partial charge is 0.465 e. The van der Waals surface area contributed by atoms with Gasteiger partial charge in [0.15, 0.2) is 23.3 Å². The van der Waals surface area contributed by atoms with E-state index in [-0.39, 0.29) is 11.3 Å². The van der Waals surface area contributed by atoms with Gasteiger partial charge in [-0.25, -0.2) is 32.1 Å². The topological polar surface area (TPSA) is 109 Å². The monoisotopic (exact) mass is 624 g/mol. The lowest BCUT2D eigenvalue weighted by Crippen LogP contribution is -2.27. The van der Waals surface area contributed by atoms with Crippen LogP contribution in [0.5, 0.6) is 0 Å². The van der Waals surface area contributed by atoms with E-state index in [1.165, 1.54) is 12.1 Å². The van der Waals surface area contributed by atoms with E-state index in [2.05, 4.69) is 15.0 Å². The van der Waals surface area contributed by atoms with Crippen LogP contribution >= 0.6 is 22.6 Å². The number of anilines is 3. The van der Waals surface area contributed by atoms with Crippen molar-refractivity contribution in [3.8, 4) is 0 Å². The molecule has 0 spiro atoms. The van der Waals surface area contributed by atoms with Gasteiger partial charge in [-0.2, -0.15) is 8.42 Å². The molecule has 3 N–H and O–H groups in total. The van der Waals surface area contributed by atoms with E-state index in [1.807, 2.05) is 32.0 Å². The Labute approximate surface area is 211 Å². The van der Waals surface area contributed by atoms with Crippen molar-refractivity contribution in [3.63, 3.8) is 0 Å². The minimum absolute atomic E-state index is 0.219. The van der Waals surface area contributed by atoms with Crippen LogP contribution in [-0.4, -0.2) is 33.5 Å². The van der Waals surface area contributed by atoms with E-state index in [1.54, 1.807) is 0 Å². The summed E-state index contributed by atoms with van der Waals surface area (Å²) in [6.07, 6.45) is 0.491. The van der Waals surface area contributed by atoms with Crippen LogP contribution < -0.4 is 14.8 Å². The van der Waals surface area contributed by atoms with Crippen LogP contribution in [0, 0.1) is 26.8 Å². The molecule has 3 aromatic rings. The molecule has 0 saturated carbocycles. The van der Waals surface area contributed by atoms with Crippen LogP contribution in [0.3, 0.4) is 0 Å². The van der Waals surface area contributed by atoms with Gasteiger partial charge < -0.3 is 10.1 Å². The van der Waals surface area contributed by atoms with Gasteiger partial charge in [0.05, 0.1) is 24.0 Å². The summed E-state index contributed by atoms with van der Waals surface area (Å²) < 4.78 is 91.5. The highest BCUT2D eigenvalue weighted by molar-refractivity contribution is 14.1. The minimum atomic E-state index is -4.10. The Kier molecular flexibility index (Phi) is 8.17. The lowest BCUT2D eigenvalue weighted by molar-refractivity contribution is 0.0601. The molecule has 0 bridgehead atoms. The summed E-state index contributed by atoms with van der Waals surface area (Å²) in [6, 6.07) is 6.01. The fourth-order valence-corrected chi connectivity index (χ4v) is 3.95. The summed E-state index contributed by atoms with van der Waals surface area (Å²) in [5.41, 5.74) is -2.04. The maximum Gasteiger partial charge on any atom is 0.340 e. The zero-order chi connectivity index (χ0) is 25.9. The van der Waals surface area contributed by atoms with Crippen molar-refractivity contribution >= 4 is 56.0 Å². The van der Waals surface area contributed by atoms with Crippen molar-refractivity contribution in [1.82, 2.24) is 9.71 Å². The number of methoxy groups -OCH3 is 1. The number of halogens is 5. The van der Waals surface area contributed by atoms with Crippen molar-refractivity contribution in [3.05, 3.63) is 80.1 Å². The Morgan fingerprint density at radius 2 is 1.77 bits per heavy atom. The smallest absolute Gasteiger partial charge is 0.340 e. The van der Waals surface area contributed by atoms with Gasteiger partial charge in [0.25, 0.3) is 10.2 Å². The van der Waals surface area contributed by atoms with Gasteiger partial charge in [-0.3, -0.25) is 4.72 Å². The molecular formula is C21H17F4IN4O4S. The van der Waals surface area contributed by atoms with Crippen molar-refractivity contribution in [2.45, 2.75) is 6.42 Å². The average molecular weight is 624 g/mol. The molecule has 14 heteroatoms. The first-order valence-corrected chi connectivity index (χ1v) is 12.2. The maximum atomic E-state index is 15.1. The number of hydrogen-bond acceptors (Lipinski definition) is 6. The predicted octanol–water partition coefficient (Wildman–Crippen LogP) is 4.24. The number of pyridine rings is 1. The maximum absolute atomic E-state index is 15.1. The predicted molar refractivity (Wildman–Crippen MR) is 129 cm³/mol. The Hall–Kier alpha value is -2.98. The second-order valence-electron chi connectivity index (χ2n) is 6.95. The van der Waals surface area contributed by atoms with Crippen molar-refractivity contribution in [2.75, 3.05) is 24.2 Å². The van der Waals surface area contributed by atoms with E-state index >= 15 is 4.39 Å². The van der Waals surface area contributed by atoms with Gasteiger partial charge in [-0.1, -0.05) is 0 Å². The summed E-state index contributed by atoms with van der Waals surface area (Å²) in [5.74, 6) is -6.58. The van der Waals surface area contributed by atoms with Crippen molar-refractivity contribution in [2.24, 2.45) is 0 Å². The first-order valence-electron chi connectivity index (χ1n) is 9.63. The zero-order valence-electron chi connectivity index (χ0n) is 18.0. The van der Waals surface area contributed by atoms with Crippen molar-refractivity contribution in [1.29, 1.82) is 0 Å². The molecule has 1 aromatic heterocycles. The number of carbonyl (C=O) groups is 1. The number of aromatic nitrogens is 1. The van der Waals surface area contributed by atoms with Gasteiger partial charge in [0.1, 0.15) is 5.82 Å². The number of hydrogen-bond donors (Lipinski definition) is 3. The number of nitrogens with zero attached hydrogens (tertiary/aromatic N) is 1. The molecule has 0 aliphatic rings. The summed E-state index contributed by atoms with van der Waals surface area (Å²) >= 11 is 1.86. The van der Waals surface area contributed by atoms with Crippen LogP contribution in [0.1, 0.15) is 21.5 Å². The molecular weight excluding hydrogens is 607 g/mol. The SMILES string of the molecule is CNS(=O)(=O)Nc1nccc(Cc2cc(C(=O)OC)c(Nc3ccc(I)cc3F)c(F)c2F)c1F. The Bertz CT molecular complexity index is 1410. The molecule has 8 nitrogen and oxygen atoms in total. The highest BCUT2D eigenvalue weighted by atomic mass is 127. The Balaban J connectivity index is 2.07. The number of esters is 1. The summed E-state index contributed by atoms with van der Waals surface area (Å²) in [6.45, 7) is 0. The molecule has 0 aliphatic heterocycles. The third-order valence-electron chi connectivity index (χ3n) is 4.73. The zero-order valence-corrected chi connectivity index (χ0v) is 21.0. The Morgan fingerprint density at radius 3 is 2.40 bits per heavy atom. The molecule has 1 heterocycles. The second kappa shape index (κ2) is 10.7. The van der Waals surface area contributed by atoms with E-state index in [0.717, 1.165) is 38.6 Å².